The van der Waals surface area contributed by atoms with Crippen molar-refractivity contribution in [3.63, 3.8) is 0 Å². The van der Waals surface area contributed by atoms with Crippen LogP contribution in [0.3, 0.4) is 0 Å². The van der Waals surface area contributed by atoms with E-state index in [4.69, 9.17) is 5.73 Å². The van der Waals surface area contributed by atoms with Gasteiger partial charge in [0.2, 0.25) is 10.0 Å². The summed E-state index contributed by atoms with van der Waals surface area (Å²) in [6.07, 6.45) is 0.739. The Hall–Kier alpha value is -0.620. The van der Waals surface area contributed by atoms with Crippen molar-refractivity contribution < 1.29 is 8.42 Å². The number of hydrogen-bond acceptors (Lipinski definition) is 3. The number of benzene rings is 1. The third-order valence-corrected chi connectivity index (χ3v) is 5.56. The second-order valence-electron chi connectivity index (χ2n) is 5.14. The molecule has 1 aromatic carbocycles. The van der Waals surface area contributed by atoms with Gasteiger partial charge in [-0.05, 0) is 38.3 Å². The monoisotopic (exact) mass is 304 g/mol. The second-order valence-corrected chi connectivity index (χ2v) is 7.01. The minimum absolute atomic E-state index is 0. The van der Waals surface area contributed by atoms with E-state index >= 15 is 0 Å². The molecule has 0 aromatic heterocycles. The smallest absolute Gasteiger partial charge is 0.243 e. The van der Waals surface area contributed by atoms with Crippen molar-refractivity contribution >= 4 is 22.4 Å². The molecule has 6 heteroatoms. The molecule has 0 bridgehead atoms. The van der Waals surface area contributed by atoms with Gasteiger partial charge in [-0.1, -0.05) is 17.7 Å². The summed E-state index contributed by atoms with van der Waals surface area (Å²) in [6, 6.07) is 3.79. The number of aryl methyl sites for hydroxylation is 3. The van der Waals surface area contributed by atoms with Crippen LogP contribution in [-0.4, -0.2) is 31.9 Å². The number of sulfonamides is 1. The predicted molar refractivity (Wildman–Crippen MR) is 79.3 cm³/mol. The van der Waals surface area contributed by atoms with Crippen molar-refractivity contribution in [3.05, 3.63) is 28.8 Å². The summed E-state index contributed by atoms with van der Waals surface area (Å²) >= 11 is 0. The number of rotatable bonds is 2. The van der Waals surface area contributed by atoms with Crippen LogP contribution in [0.4, 0.5) is 0 Å². The number of nitrogens with two attached hydrogens (primary N) is 1. The molecule has 0 amide bonds. The maximum absolute atomic E-state index is 12.6. The normalized spacial score (nSPS) is 20.3. The highest BCUT2D eigenvalue weighted by Crippen LogP contribution is 2.27. The molecule has 0 spiro atoms. The van der Waals surface area contributed by atoms with Crippen LogP contribution < -0.4 is 5.73 Å². The van der Waals surface area contributed by atoms with Crippen LogP contribution in [0.5, 0.6) is 0 Å². The highest BCUT2D eigenvalue weighted by molar-refractivity contribution is 7.89. The van der Waals surface area contributed by atoms with Crippen molar-refractivity contribution in [2.45, 2.75) is 38.1 Å². The SMILES string of the molecule is Cc1cc(C)c(S(=O)(=O)N2CC[C@H](N)C2)c(C)c1.Cl. The molecule has 1 fully saturated rings. The van der Waals surface area contributed by atoms with Crippen molar-refractivity contribution in [2.75, 3.05) is 13.1 Å². The van der Waals surface area contributed by atoms with E-state index in [0.29, 0.717) is 18.0 Å². The van der Waals surface area contributed by atoms with Crippen molar-refractivity contribution in [3.8, 4) is 0 Å². The molecule has 0 saturated carbocycles. The zero-order chi connectivity index (χ0) is 13.5. The average Bonchev–Trinajstić information content (AvgIpc) is 2.63. The van der Waals surface area contributed by atoms with Gasteiger partial charge >= 0.3 is 0 Å². The first-order valence-electron chi connectivity index (χ1n) is 6.16. The quantitative estimate of drug-likeness (QED) is 0.905. The molecule has 2 rings (SSSR count). The van der Waals surface area contributed by atoms with Gasteiger partial charge in [-0.25, -0.2) is 8.42 Å². The maximum atomic E-state index is 12.6. The Morgan fingerprint density at radius 1 is 1.21 bits per heavy atom. The molecule has 1 atom stereocenters. The molecular formula is C13H21ClN2O2S. The highest BCUT2D eigenvalue weighted by Gasteiger charge is 2.32. The van der Waals surface area contributed by atoms with E-state index in [1.165, 1.54) is 4.31 Å². The topological polar surface area (TPSA) is 63.4 Å². The Morgan fingerprint density at radius 2 is 1.74 bits per heavy atom. The molecule has 1 aliphatic heterocycles. The molecule has 1 heterocycles. The fourth-order valence-corrected chi connectivity index (χ4v) is 4.60. The summed E-state index contributed by atoms with van der Waals surface area (Å²) in [5.41, 5.74) is 8.51. The van der Waals surface area contributed by atoms with E-state index in [0.717, 1.165) is 23.1 Å². The van der Waals surface area contributed by atoms with Crippen LogP contribution in [0.2, 0.25) is 0 Å². The van der Waals surface area contributed by atoms with Gasteiger partial charge < -0.3 is 5.73 Å². The number of nitrogens with zero attached hydrogens (tertiary/aromatic N) is 1. The molecule has 0 unspecified atom stereocenters. The van der Waals surface area contributed by atoms with E-state index in [2.05, 4.69) is 0 Å². The molecule has 0 radical (unpaired) electrons. The Morgan fingerprint density at radius 3 is 2.16 bits per heavy atom. The van der Waals surface area contributed by atoms with Crippen molar-refractivity contribution in [1.29, 1.82) is 0 Å². The minimum atomic E-state index is -3.40. The molecule has 0 aliphatic carbocycles. The standard InChI is InChI=1S/C13H20N2O2S.ClH/c1-9-6-10(2)13(11(3)7-9)18(16,17)15-5-4-12(14)8-15;/h6-7,12H,4-5,8,14H2,1-3H3;1H/t12-;/m0./s1. The summed E-state index contributed by atoms with van der Waals surface area (Å²) in [4.78, 5) is 0.446. The van der Waals surface area contributed by atoms with Gasteiger partial charge in [-0.2, -0.15) is 4.31 Å². The lowest BCUT2D eigenvalue weighted by atomic mass is 10.1. The summed E-state index contributed by atoms with van der Waals surface area (Å²) in [6.45, 7) is 6.62. The predicted octanol–water partition coefficient (Wildman–Crippen LogP) is 1.76. The molecule has 4 nitrogen and oxygen atoms in total. The number of hydrogen-bond donors (Lipinski definition) is 1. The average molecular weight is 305 g/mol. The van der Waals surface area contributed by atoms with Gasteiger partial charge in [-0.3, -0.25) is 0 Å². The molecule has 19 heavy (non-hydrogen) atoms. The van der Waals surface area contributed by atoms with Crippen LogP contribution in [-0.2, 0) is 10.0 Å². The summed E-state index contributed by atoms with van der Waals surface area (Å²) in [5.74, 6) is 0. The second kappa shape index (κ2) is 5.79. The zero-order valence-electron chi connectivity index (χ0n) is 11.5. The lowest BCUT2D eigenvalue weighted by molar-refractivity contribution is 0.471. The van der Waals surface area contributed by atoms with Crippen molar-refractivity contribution in [1.82, 2.24) is 4.31 Å². The van der Waals surface area contributed by atoms with Gasteiger partial charge in [0.1, 0.15) is 0 Å². The molecular weight excluding hydrogens is 284 g/mol. The first-order chi connectivity index (χ1) is 8.32. The van der Waals surface area contributed by atoms with E-state index in [-0.39, 0.29) is 18.4 Å². The van der Waals surface area contributed by atoms with Crippen LogP contribution in [0.1, 0.15) is 23.1 Å². The maximum Gasteiger partial charge on any atom is 0.243 e. The summed E-state index contributed by atoms with van der Waals surface area (Å²) in [5, 5.41) is 0. The molecule has 1 saturated heterocycles. The lowest BCUT2D eigenvalue weighted by Crippen LogP contribution is -2.32. The van der Waals surface area contributed by atoms with Gasteiger partial charge in [0, 0.05) is 19.1 Å². The summed E-state index contributed by atoms with van der Waals surface area (Å²) in [7, 11) is -3.40. The molecule has 2 N–H and O–H groups in total. The fourth-order valence-electron chi connectivity index (χ4n) is 2.68. The lowest BCUT2D eigenvalue weighted by Gasteiger charge is -2.19. The molecule has 1 aromatic rings. The Labute approximate surface area is 121 Å². The highest BCUT2D eigenvalue weighted by atomic mass is 35.5. The van der Waals surface area contributed by atoms with Crippen LogP contribution >= 0.6 is 12.4 Å². The number of halogens is 1. The van der Waals surface area contributed by atoms with Crippen LogP contribution in [0, 0.1) is 20.8 Å². The van der Waals surface area contributed by atoms with E-state index in [9.17, 15) is 8.42 Å². The first-order valence-corrected chi connectivity index (χ1v) is 7.60. The third-order valence-electron chi connectivity index (χ3n) is 3.39. The zero-order valence-corrected chi connectivity index (χ0v) is 13.1. The Bertz CT molecular complexity index is 549. The van der Waals surface area contributed by atoms with Gasteiger partial charge in [-0.15, -0.1) is 12.4 Å². The van der Waals surface area contributed by atoms with Crippen LogP contribution in [0.25, 0.3) is 0 Å². The van der Waals surface area contributed by atoms with E-state index < -0.39 is 10.0 Å². The van der Waals surface area contributed by atoms with Gasteiger partial charge in [0.05, 0.1) is 4.90 Å². The first kappa shape index (κ1) is 16.4. The minimum Gasteiger partial charge on any atom is -0.326 e. The summed E-state index contributed by atoms with van der Waals surface area (Å²) < 4.78 is 26.7. The van der Waals surface area contributed by atoms with E-state index in [1.807, 2.05) is 32.9 Å². The van der Waals surface area contributed by atoms with Crippen molar-refractivity contribution in [2.24, 2.45) is 5.73 Å². The van der Waals surface area contributed by atoms with E-state index in [1.54, 1.807) is 0 Å². The largest absolute Gasteiger partial charge is 0.326 e. The fraction of sp³-hybridized carbons (Fsp3) is 0.538. The Kier molecular flexibility index (Phi) is 5.01. The van der Waals surface area contributed by atoms with Crippen LogP contribution in [0.15, 0.2) is 17.0 Å². The van der Waals surface area contributed by atoms with Gasteiger partial charge in [0.25, 0.3) is 0 Å². The Balaban J connectivity index is 0.00000180. The molecule has 108 valence electrons. The third kappa shape index (κ3) is 3.11. The van der Waals surface area contributed by atoms with Gasteiger partial charge in [0.15, 0.2) is 0 Å². The molecule has 1 aliphatic rings.